The average Bonchev–Trinajstić information content (AvgIpc) is 2.13. The normalized spacial score (nSPS) is 10.0. The van der Waals surface area contributed by atoms with Gasteiger partial charge in [0.05, 0.1) is 0 Å². The van der Waals surface area contributed by atoms with Gasteiger partial charge in [0.15, 0.2) is 0 Å². The van der Waals surface area contributed by atoms with Crippen molar-refractivity contribution in [3.05, 3.63) is 0 Å². The molecule has 0 unspecified atom stereocenters. The van der Waals surface area contributed by atoms with E-state index in [9.17, 15) is 9.90 Å². The minimum atomic E-state index is -4.64. The number of aliphatic carboxylic acids is 1. The maximum atomic E-state index is 10.0. The van der Waals surface area contributed by atoms with Crippen LogP contribution in [0.15, 0.2) is 0 Å². The fourth-order valence-corrected chi connectivity index (χ4v) is 1.23. The molecule has 0 rings (SSSR count). The Kier molecular flexibility index (Phi) is 21.9. The van der Waals surface area contributed by atoms with E-state index in [-0.39, 0.29) is 57.8 Å². The Morgan fingerprint density at radius 3 is 1.67 bits per heavy atom. The van der Waals surface area contributed by atoms with Crippen molar-refractivity contribution >= 4 is 13.8 Å². The number of hydrogen-bond donors (Lipinski definition) is 3. The monoisotopic (exact) mass is 308 g/mol. The molecule has 18 heavy (non-hydrogen) atoms. The SMILES string of the molecule is CCCCCCCCCC(=O)[O-].O=P(O)(O)O.[K+]. The topological polar surface area (TPSA) is 118 Å². The van der Waals surface area contributed by atoms with Crippen molar-refractivity contribution in [2.24, 2.45) is 0 Å². The predicted molar refractivity (Wildman–Crippen MR) is 61.9 cm³/mol. The maximum absolute atomic E-state index is 10.0. The first-order valence-corrected chi connectivity index (χ1v) is 7.32. The van der Waals surface area contributed by atoms with Crippen LogP contribution in [-0.2, 0) is 9.36 Å². The van der Waals surface area contributed by atoms with Crippen molar-refractivity contribution < 1.29 is 80.5 Å². The summed E-state index contributed by atoms with van der Waals surface area (Å²) in [7, 11) is -4.64. The number of carbonyl (C=O) groups excluding carboxylic acids is 1. The summed E-state index contributed by atoms with van der Waals surface area (Å²) < 4.78 is 8.88. The molecule has 104 valence electrons. The first kappa shape index (κ1) is 24.2. The van der Waals surface area contributed by atoms with E-state index in [0.717, 1.165) is 12.8 Å². The third kappa shape index (κ3) is 43.4. The summed E-state index contributed by atoms with van der Waals surface area (Å²) in [5.74, 6) is -0.913. The molecule has 0 aromatic carbocycles. The zero-order valence-electron chi connectivity index (χ0n) is 11.2. The third-order valence-corrected chi connectivity index (χ3v) is 1.98. The largest absolute Gasteiger partial charge is 1.00 e. The third-order valence-electron chi connectivity index (χ3n) is 1.98. The van der Waals surface area contributed by atoms with Crippen LogP contribution in [0.3, 0.4) is 0 Å². The van der Waals surface area contributed by atoms with Crippen molar-refractivity contribution in [2.45, 2.75) is 58.3 Å². The Labute approximate surface area is 151 Å². The minimum absolute atomic E-state index is 0. The van der Waals surface area contributed by atoms with Crippen LogP contribution in [0, 0.1) is 0 Å². The van der Waals surface area contributed by atoms with E-state index in [1.165, 1.54) is 32.1 Å². The first-order valence-electron chi connectivity index (χ1n) is 5.75. The number of unbranched alkanes of at least 4 members (excludes halogenated alkanes) is 6. The van der Waals surface area contributed by atoms with E-state index in [1.54, 1.807) is 0 Å². The molecule has 0 heterocycles. The summed E-state index contributed by atoms with van der Waals surface area (Å²) >= 11 is 0. The molecule has 0 fully saturated rings. The number of carbonyl (C=O) groups is 1. The van der Waals surface area contributed by atoms with Crippen LogP contribution in [0.2, 0.25) is 0 Å². The van der Waals surface area contributed by atoms with E-state index >= 15 is 0 Å². The fraction of sp³-hybridized carbons (Fsp3) is 0.900. The van der Waals surface area contributed by atoms with E-state index in [2.05, 4.69) is 6.92 Å². The Bertz CT molecular complexity index is 222. The van der Waals surface area contributed by atoms with Crippen molar-refractivity contribution in [1.29, 1.82) is 0 Å². The summed E-state index contributed by atoms with van der Waals surface area (Å²) in [6.45, 7) is 2.19. The molecule has 0 radical (unpaired) electrons. The molecule has 0 aromatic heterocycles. The van der Waals surface area contributed by atoms with Gasteiger partial charge >= 0.3 is 59.2 Å². The van der Waals surface area contributed by atoms with Crippen LogP contribution in [0.5, 0.6) is 0 Å². The van der Waals surface area contributed by atoms with Crippen LogP contribution < -0.4 is 56.5 Å². The van der Waals surface area contributed by atoms with Gasteiger partial charge in [-0.3, -0.25) is 0 Å². The fourth-order valence-electron chi connectivity index (χ4n) is 1.23. The van der Waals surface area contributed by atoms with Gasteiger partial charge in [-0.15, -0.1) is 0 Å². The molecule has 0 atom stereocenters. The van der Waals surface area contributed by atoms with Crippen molar-refractivity contribution in [2.75, 3.05) is 0 Å². The summed E-state index contributed by atoms with van der Waals surface area (Å²) in [6, 6.07) is 0. The molecule has 8 heteroatoms. The van der Waals surface area contributed by atoms with Crippen LogP contribution >= 0.6 is 7.82 Å². The smallest absolute Gasteiger partial charge is 0.550 e. The van der Waals surface area contributed by atoms with Gasteiger partial charge in [-0.25, -0.2) is 4.57 Å². The number of carboxylic acid groups (broad SMARTS) is 1. The van der Waals surface area contributed by atoms with Gasteiger partial charge in [0, 0.05) is 5.97 Å². The summed E-state index contributed by atoms with van der Waals surface area (Å²) in [4.78, 5) is 31.6. The molecule has 6 nitrogen and oxygen atoms in total. The summed E-state index contributed by atoms with van der Waals surface area (Å²) in [5.41, 5.74) is 0. The molecule has 0 amide bonds. The second kappa shape index (κ2) is 16.3. The molecule has 0 aliphatic rings. The number of rotatable bonds is 8. The minimum Gasteiger partial charge on any atom is -0.550 e. The molecule has 0 saturated carbocycles. The molecular weight excluding hydrogens is 286 g/mol. The second-order valence-corrected chi connectivity index (χ2v) is 4.78. The van der Waals surface area contributed by atoms with Gasteiger partial charge in [-0.1, -0.05) is 45.4 Å². The molecule has 0 aliphatic carbocycles. The predicted octanol–water partition coefficient (Wildman–Crippen LogP) is -2.05. The van der Waals surface area contributed by atoms with Crippen LogP contribution in [-0.4, -0.2) is 20.6 Å². The van der Waals surface area contributed by atoms with Crippen LogP contribution in [0.4, 0.5) is 0 Å². The molecule has 0 spiro atoms. The first-order chi connectivity index (χ1) is 7.77. The van der Waals surface area contributed by atoms with Crippen molar-refractivity contribution in [1.82, 2.24) is 0 Å². The van der Waals surface area contributed by atoms with E-state index in [0.29, 0.717) is 0 Å². The molecule has 0 aliphatic heterocycles. The Balaban J connectivity index is -0.000000321. The zero-order valence-corrected chi connectivity index (χ0v) is 15.2. The van der Waals surface area contributed by atoms with Crippen LogP contribution in [0.25, 0.3) is 0 Å². The van der Waals surface area contributed by atoms with E-state index in [1.807, 2.05) is 0 Å². The Hall–Kier alpha value is 1.22. The van der Waals surface area contributed by atoms with Gasteiger partial charge < -0.3 is 24.6 Å². The molecule has 0 aromatic rings. The van der Waals surface area contributed by atoms with Gasteiger partial charge in [0.2, 0.25) is 0 Å². The molecular formula is C10H22KO6P. The van der Waals surface area contributed by atoms with E-state index < -0.39 is 13.8 Å². The molecule has 0 saturated heterocycles. The van der Waals surface area contributed by atoms with Gasteiger partial charge in [0.25, 0.3) is 0 Å². The van der Waals surface area contributed by atoms with Gasteiger partial charge in [-0.05, 0) is 12.8 Å². The molecule has 3 N–H and O–H groups in total. The van der Waals surface area contributed by atoms with Gasteiger partial charge in [0.1, 0.15) is 0 Å². The van der Waals surface area contributed by atoms with Crippen LogP contribution in [0.1, 0.15) is 58.3 Å². The number of hydrogen-bond acceptors (Lipinski definition) is 3. The number of phosphoric acid groups is 1. The number of carboxylic acids is 1. The summed E-state index contributed by atoms with van der Waals surface area (Å²) in [5, 5.41) is 10.0. The molecule has 0 bridgehead atoms. The standard InChI is InChI=1S/C10H20O2.K.H3O4P/c1-2-3-4-5-6-7-8-9-10(11)12;;1-5(2,3)4/h2-9H2,1H3,(H,11,12);;(H3,1,2,3,4)/q;+1;/p-1. The van der Waals surface area contributed by atoms with E-state index in [4.69, 9.17) is 19.2 Å². The van der Waals surface area contributed by atoms with Gasteiger partial charge in [-0.2, -0.15) is 0 Å². The average molecular weight is 308 g/mol. The maximum Gasteiger partial charge on any atom is 1.00 e. The Morgan fingerprint density at radius 1 is 1.00 bits per heavy atom. The van der Waals surface area contributed by atoms with Crippen molar-refractivity contribution in [3.8, 4) is 0 Å². The van der Waals surface area contributed by atoms with Crippen molar-refractivity contribution in [3.63, 3.8) is 0 Å². The second-order valence-electron chi connectivity index (χ2n) is 3.76. The zero-order chi connectivity index (χ0) is 13.7. The summed E-state index contributed by atoms with van der Waals surface area (Å²) in [6.07, 6.45) is 8.34. The Morgan fingerprint density at radius 2 is 1.33 bits per heavy atom. The quantitative estimate of drug-likeness (QED) is 0.270.